The quantitative estimate of drug-likeness (QED) is 0.237. The number of aromatic nitrogens is 6. The molecule has 0 aliphatic carbocycles. The van der Waals surface area contributed by atoms with Gasteiger partial charge in [-0.3, -0.25) is 4.79 Å². The maximum Gasteiger partial charge on any atom is 0.442 e. The van der Waals surface area contributed by atoms with E-state index in [2.05, 4.69) is 16.5 Å². The lowest BCUT2D eigenvalue weighted by Crippen LogP contribution is -2.55. The lowest BCUT2D eigenvalue weighted by atomic mass is 10.0. The van der Waals surface area contributed by atoms with Crippen LogP contribution in [0.5, 0.6) is 0 Å². The van der Waals surface area contributed by atoms with Crippen LogP contribution in [0.25, 0.3) is 39.1 Å². The molecule has 2 aliphatic rings. The number of rotatable bonds is 3. The summed E-state index contributed by atoms with van der Waals surface area (Å²) >= 11 is 7.02. The molecule has 2 aliphatic heterocycles. The minimum atomic E-state index is -0.505. The number of carbonyl (C=O) groups is 1. The Labute approximate surface area is 244 Å². The zero-order valence-electron chi connectivity index (χ0n) is 23.3. The molecular weight excluding hydrogens is 559 g/mol. The van der Waals surface area contributed by atoms with Gasteiger partial charge in [0, 0.05) is 38.8 Å². The summed E-state index contributed by atoms with van der Waals surface area (Å²) in [5.74, 6) is -0.114. The van der Waals surface area contributed by atoms with E-state index in [1.807, 2.05) is 41.0 Å². The van der Waals surface area contributed by atoms with Gasteiger partial charge in [-0.2, -0.15) is 4.98 Å². The number of fused-ring (bicyclic) bond motifs is 3. The Kier molecular flexibility index (Phi) is 5.91. The average Bonchev–Trinajstić information content (AvgIpc) is 3.34. The van der Waals surface area contributed by atoms with E-state index in [0.717, 1.165) is 0 Å². The van der Waals surface area contributed by atoms with Crippen molar-refractivity contribution in [1.82, 2.24) is 29.0 Å². The van der Waals surface area contributed by atoms with E-state index >= 15 is 4.39 Å². The minimum Gasteiger partial charge on any atom is -0.349 e. The number of anilines is 1. The summed E-state index contributed by atoms with van der Waals surface area (Å²) in [6.07, 6.45) is 2.98. The number of carbonyl (C=O) groups excluding carboxylic acids is 1. The Hall–Kier alpha value is -4.64. The summed E-state index contributed by atoms with van der Waals surface area (Å²) in [7, 11) is 1.86. The maximum absolute atomic E-state index is 15.3. The van der Waals surface area contributed by atoms with Crippen molar-refractivity contribution in [2.24, 2.45) is 7.05 Å². The summed E-state index contributed by atoms with van der Waals surface area (Å²) in [4.78, 5) is 44.1. The van der Waals surface area contributed by atoms with Gasteiger partial charge in [0.1, 0.15) is 28.5 Å². The number of pyridine rings is 2. The number of benzene rings is 1. The standard InChI is InChI=1S/C30H27ClFN8O2/c1-5-24(41)37-10-11-38(16(2)14-37)27-19-12-20(31)26(18-8-6-7-9-21(18)32)39-17(3)25-23(40(29(19)39)30(42)35-27)13-22-28(34-25)36(4)15-33-22/h5-9,12-13,15-17H,1,10-11,14H2,2-4H3/q+1/t16-,17?/m0/s1. The van der Waals surface area contributed by atoms with Crippen molar-refractivity contribution in [2.75, 3.05) is 24.5 Å². The average molecular weight is 586 g/mol. The molecule has 6 heterocycles. The molecule has 12 heteroatoms. The fourth-order valence-electron chi connectivity index (χ4n) is 6.28. The zero-order chi connectivity index (χ0) is 29.4. The van der Waals surface area contributed by atoms with E-state index in [9.17, 15) is 9.59 Å². The highest BCUT2D eigenvalue weighted by Gasteiger charge is 2.40. The number of imidazole rings is 1. The molecule has 0 radical (unpaired) electrons. The first-order chi connectivity index (χ1) is 20.2. The molecule has 212 valence electrons. The highest BCUT2D eigenvalue weighted by atomic mass is 35.5. The summed E-state index contributed by atoms with van der Waals surface area (Å²) in [6.45, 7) is 8.90. The van der Waals surface area contributed by atoms with Crippen LogP contribution in [0.15, 0.2) is 60.2 Å². The highest BCUT2D eigenvalue weighted by molar-refractivity contribution is 6.33. The monoisotopic (exact) mass is 585 g/mol. The van der Waals surface area contributed by atoms with Crippen molar-refractivity contribution >= 4 is 45.5 Å². The first-order valence-corrected chi connectivity index (χ1v) is 14.0. The Balaban J connectivity index is 1.56. The minimum absolute atomic E-state index is 0.140. The van der Waals surface area contributed by atoms with Crippen molar-refractivity contribution in [2.45, 2.75) is 25.9 Å². The molecule has 1 amide bonds. The molecule has 1 unspecified atom stereocenters. The predicted octanol–water partition coefficient (Wildman–Crippen LogP) is 3.56. The molecular formula is C30H27ClFN8O2+. The molecule has 0 spiro atoms. The fraction of sp³-hybridized carbons (Fsp3) is 0.267. The molecule has 0 saturated carbocycles. The molecule has 1 saturated heterocycles. The van der Waals surface area contributed by atoms with Gasteiger partial charge in [0.25, 0.3) is 0 Å². The van der Waals surface area contributed by atoms with Gasteiger partial charge < -0.3 is 14.4 Å². The fourth-order valence-corrected chi connectivity index (χ4v) is 6.59. The number of halogens is 2. The summed E-state index contributed by atoms with van der Waals surface area (Å²) in [5, 5.41) is 0.944. The second kappa shape index (κ2) is 9.45. The third kappa shape index (κ3) is 3.69. The number of piperazine rings is 1. The van der Waals surface area contributed by atoms with Crippen LogP contribution in [0.1, 0.15) is 25.6 Å². The van der Waals surface area contributed by atoms with E-state index in [0.29, 0.717) is 75.3 Å². The first-order valence-electron chi connectivity index (χ1n) is 13.7. The molecule has 5 aromatic rings. The predicted molar refractivity (Wildman–Crippen MR) is 157 cm³/mol. The van der Waals surface area contributed by atoms with Crippen LogP contribution in [0.4, 0.5) is 10.2 Å². The topological polar surface area (TPSA) is 93.0 Å². The van der Waals surface area contributed by atoms with Gasteiger partial charge in [-0.05, 0) is 38.1 Å². The molecule has 0 bridgehead atoms. The van der Waals surface area contributed by atoms with Crippen LogP contribution in [-0.4, -0.2) is 60.6 Å². The summed E-state index contributed by atoms with van der Waals surface area (Å²) < 4.78 is 20.6. The Morgan fingerprint density at radius 3 is 2.71 bits per heavy atom. The van der Waals surface area contributed by atoms with Crippen LogP contribution in [0, 0.1) is 5.82 Å². The smallest absolute Gasteiger partial charge is 0.349 e. The Morgan fingerprint density at radius 1 is 1.19 bits per heavy atom. The normalized spacial score (nSPS) is 18.0. The molecule has 7 rings (SSSR count). The molecule has 4 aromatic heterocycles. The van der Waals surface area contributed by atoms with Crippen molar-refractivity contribution in [3.05, 3.63) is 82.4 Å². The molecule has 2 atom stereocenters. The van der Waals surface area contributed by atoms with E-state index in [4.69, 9.17) is 16.6 Å². The second-order valence-corrected chi connectivity index (χ2v) is 11.2. The highest BCUT2D eigenvalue weighted by Crippen LogP contribution is 2.39. The SMILES string of the molecule is C=CC(=O)N1CCN(c2nc(=O)n3c4c2cc(Cl)c(-c2ccccc2F)[n+]4C(C)c2nc4c(cc2-3)ncn4C)[C@@H](C)C1. The largest absolute Gasteiger partial charge is 0.442 e. The summed E-state index contributed by atoms with van der Waals surface area (Å²) in [6, 6.07) is 9.47. The Bertz CT molecular complexity index is 2040. The van der Waals surface area contributed by atoms with E-state index in [1.54, 1.807) is 35.5 Å². The molecule has 0 N–H and O–H groups in total. The van der Waals surface area contributed by atoms with Gasteiger partial charge in [-0.15, -0.1) is 4.57 Å². The van der Waals surface area contributed by atoms with Crippen LogP contribution in [0.2, 0.25) is 5.02 Å². The van der Waals surface area contributed by atoms with Gasteiger partial charge in [0.05, 0.1) is 16.9 Å². The molecule has 42 heavy (non-hydrogen) atoms. The van der Waals surface area contributed by atoms with Gasteiger partial charge >= 0.3 is 11.3 Å². The molecule has 10 nitrogen and oxygen atoms in total. The van der Waals surface area contributed by atoms with Gasteiger partial charge in [0.15, 0.2) is 22.8 Å². The van der Waals surface area contributed by atoms with Gasteiger partial charge in [0.2, 0.25) is 5.91 Å². The Morgan fingerprint density at radius 2 is 1.98 bits per heavy atom. The second-order valence-electron chi connectivity index (χ2n) is 10.8. The number of amides is 1. The lowest BCUT2D eigenvalue weighted by Gasteiger charge is -2.40. The van der Waals surface area contributed by atoms with Gasteiger partial charge in [-0.25, -0.2) is 23.7 Å². The maximum atomic E-state index is 15.3. The van der Waals surface area contributed by atoms with Crippen LogP contribution in [-0.2, 0) is 11.8 Å². The summed E-state index contributed by atoms with van der Waals surface area (Å²) in [5.41, 5.74) is 3.26. The number of nitrogens with zero attached hydrogens (tertiary/aromatic N) is 8. The van der Waals surface area contributed by atoms with Crippen LogP contribution < -0.4 is 15.2 Å². The zero-order valence-corrected chi connectivity index (χ0v) is 24.0. The number of aryl methyl sites for hydroxylation is 1. The van der Waals surface area contributed by atoms with Crippen molar-refractivity contribution in [3.8, 4) is 16.9 Å². The van der Waals surface area contributed by atoms with E-state index in [-0.39, 0.29) is 11.9 Å². The third-order valence-corrected chi connectivity index (χ3v) is 8.58. The van der Waals surface area contributed by atoms with Crippen LogP contribution >= 0.6 is 11.6 Å². The van der Waals surface area contributed by atoms with Crippen LogP contribution in [0.3, 0.4) is 0 Å². The van der Waals surface area contributed by atoms with Gasteiger partial charge in [-0.1, -0.05) is 30.3 Å². The lowest BCUT2D eigenvalue weighted by molar-refractivity contribution is -0.679. The van der Waals surface area contributed by atoms with Crippen molar-refractivity contribution < 1.29 is 13.8 Å². The van der Waals surface area contributed by atoms with E-state index in [1.165, 1.54) is 16.7 Å². The molecule has 1 aromatic carbocycles. The van der Waals surface area contributed by atoms with Crippen molar-refractivity contribution in [3.63, 3.8) is 0 Å². The molecule has 1 fully saturated rings. The van der Waals surface area contributed by atoms with E-state index < -0.39 is 17.5 Å². The first kappa shape index (κ1) is 26.3. The number of hydrogen-bond donors (Lipinski definition) is 0. The van der Waals surface area contributed by atoms with Crippen molar-refractivity contribution in [1.29, 1.82) is 0 Å². The third-order valence-electron chi connectivity index (χ3n) is 8.29. The number of hydrogen-bond acceptors (Lipinski definition) is 6.